The lowest BCUT2D eigenvalue weighted by Gasteiger charge is -2.32. The summed E-state index contributed by atoms with van der Waals surface area (Å²) in [5, 5.41) is 0. The molecule has 1 aliphatic heterocycles. The van der Waals surface area contributed by atoms with Crippen LogP contribution < -0.4 is 10.6 Å². The smallest absolute Gasteiger partial charge is 0.128 e. The van der Waals surface area contributed by atoms with E-state index in [0.29, 0.717) is 11.6 Å². The number of hydrogen-bond donors (Lipinski definition) is 1. The van der Waals surface area contributed by atoms with Crippen LogP contribution >= 0.6 is 0 Å². The molecule has 84 valence electrons. The second-order valence-corrected chi connectivity index (χ2v) is 4.29. The standard InChI is InChI=1S/C13H17N3/c1-2-3-11-6-8-16(9-7-11)13-5-4-12(14)10-15-13/h1,4-5,10-11H,3,6-9,14H2. The average molecular weight is 215 g/mol. The van der Waals surface area contributed by atoms with E-state index in [-0.39, 0.29) is 0 Å². The summed E-state index contributed by atoms with van der Waals surface area (Å²) in [4.78, 5) is 6.63. The molecule has 0 atom stereocenters. The van der Waals surface area contributed by atoms with Gasteiger partial charge in [0.1, 0.15) is 5.82 Å². The van der Waals surface area contributed by atoms with Crippen LogP contribution in [-0.2, 0) is 0 Å². The van der Waals surface area contributed by atoms with Crippen LogP contribution in [0.25, 0.3) is 0 Å². The van der Waals surface area contributed by atoms with Gasteiger partial charge in [-0.3, -0.25) is 0 Å². The Labute approximate surface area is 96.7 Å². The van der Waals surface area contributed by atoms with Gasteiger partial charge in [-0.2, -0.15) is 0 Å². The van der Waals surface area contributed by atoms with E-state index in [0.717, 1.165) is 38.2 Å². The van der Waals surface area contributed by atoms with E-state index in [2.05, 4.69) is 15.8 Å². The van der Waals surface area contributed by atoms with Gasteiger partial charge in [-0.05, 0) is 30.9 Å². The van der Waals surface area contributed by atoms with Crippen molar-refractivity contribution in [1.82, 2.24) is 4.98 Å². The molecule has 0 aromatic carbocycles. The lowest BCUT2D eigenvalue weighted by Crippen LogP contribution is -2.34. The maximum Gasteiger partial charge on any atom is 0.128 e. The first kappa shape index (κ1) is 10.8. The van der Waals surface area contributed by atoms with Gasteiger partial charge in [0.25, 0.3) is 0 Å². The highest BCUT2D eigenvalue weighted by molar-refractivity contribution is 5.45. The van der Waals surface area contributed by atoms with Crippen LogP contribution in [0.15, 0.2) is 18.3 Å². The summed E-state index contributed by atoms with van der Waals surface area (Å²) in [5.41, 5.74) is 6.33. The largest absolute Gasteiger partial charge is 0.397 e. The van der Waals surface area contributed by atoms with E-state index in [1.165, 1.54) is 0 Å². The minimum absolute atomic E-state index is 0.690. The first-order chi connectivity index (χ1) is 7.79. The van der Waals surface area contributed by atoms with Crippen molar-refractivity contribution in [2.45, 2.75) is 19.3 Å². The Morgan fingerprint density at radius 3 is 2.75 bits per heavy atom. The molecule has 1 fully saturated rings. The van der Waals surface area contributed by atoms with Crippen LogP contribution in [-0.4, -0.2) is 18.1 Å². The van der Waals surface area contributed by atoms with E-state index in [9.17, 15) is 0 Å². The minimum atomic E-state index is 0.690. The van der Waals surface area contributed by atoms with E-state index < -0.39 is 0 Å². The third kappa shape index (κ3) is 2.46. The lowest BCUT2D eigenvalue weighted by atomic mass is 9.94. The monoisotopic (exact) mass is 215 g/mol. The van der Waals surface area contributed by atoms with Gasteiger partial charge in [0.05, 0.1) is 11.9 Å². The molecule has 2 heterocycles. The summed E-state index contributed by atoms with van der Waals surface area (Å²) in [7, 11) is 0. The van der Waals surface area contributed by atoms with Crippen LogP contribution in [0.3, 0.4) is 0 Å². The number of rotatable bonds is 2. The number of piperidine rings is 1. The molecule has 2 rings (SSSR count). The maximum absolute atomic E-state index is 5.61. The molecule has 3 heteroatoms. The molecule has 3 nitrogen and oxygen atoms in total. The Bertz CT molecular complexity index is 369. The number of nitrogen functional groups attached to an aromatic ring is 1. The molecule has 0 aliphatic carbocycles. The molecule has 1 aromatic heterocycles. The molecule has 0 spiro atoms. The van der Waals surface area contributed by atoms with Crippen LogP contribution in [0.2, 0.25) is 0 Å². The fourth-order valence-electron chi connectivity index (χ4n) is 2.12. The summed E-state index contributed by atoms with van der Waals surface area (Å²) in [6.07, 6.45) is 10.3. The van der Waals surface area contributed by atoms with Crippen LogP contribution in [0.1, 0.15) is 19.3 Å². The minimum Gasteiger partial charge on any atom is -0.397 e. The third-order valence-corrected chi connectivity index (χ3v) is 3.12. The molecule has 0 radical (unpaired) electrons. The zero-order chi connectivity index (χ0) is 11.4. The van der Waals surface area contributed by atoms with E-state index in [4.69, 9.17) is 12.2 Å². The average Bonchev–Trinajstić information content (AvgIpc) is 2.32. The Hall–Kier alpha value is -1.69. The van der Waals surface area contributed by atoms with Gasteiger partial charge in [-0.1, -0.05) is 0 Å². The topological polar surface area (TPSA) is 42.1 Å². The van der Waals surface area contributed by atoms with Gasteiger partial charge in [0.2, 0.25) is 0 Å². The van der Waals surface area contributed by atoms with Gasteiger partial charge in [0, 0.05) is 19.5 Å². The van der Waals surface area contributed by atoms with Crippen LogP contribution in [0.5, 0.6) is 0 Å². The highest BCUT2D eigenvalue weighted by atomic mass is 15.2. The van der Waals surface area contributed by atoms with Crippen molar-refractivity contribution in [1.29, 1.82) is 0 Å². The summed E-state index contributed by atoms with van der Waals surface area (Å²) in [6.45, 7) is 2.09. The van der Waals surface area contributed by atoms with Crippen LogP contribution in [0, 0.1) is 18.3 Å². The molecular formula is C13H17N3. The number of hydrogen-bond acceptors (Lipinski definition) is 3. The van der Waals surface area contributed by atoms with Crippen molar-refractivity contribution in [2.24, 2.45) is 5.92 Å². The number of nitrogens with zero attached hydrogens (tertiary/aromatic N) is 2. The van der Waals surface area contributed by atoms with Gasteiger partial charge in [0.15, 0.2) is 0 Å². The van der Waals surface area contributed by atoms with E-state index >= 15 is 0 Å². The molecule has 0 bridgehead atoms. The first-order valence-corrected chi connectivity index (χ1v) is 5.69. The molecule has 16 heavy (non-hydrogen) atoms. The lowest BCUT2D eigenvalue weighted by molar-refractivity contribution is 0.412. The molecular weight excluding hydrogens is 198 g/mol. The normalized spacial score (nSPS) is 17.1. The molecule has 0 saturated carbocycles. The van der Waals surface area contributed by atoms with E-state index in [1.54, 1.807) is 6.20 Å². The van der Waals surface area contributed by atoms with Crippen molar-refractivity contribution < 1.29 is 0 Å². The second kappa shape index (κ2) is 4.89. The summed E-state index contributed by atoms with van der Waals surface area (Å²) in [6, 6.07) is 3.88. The van der Waals surface area contributed by atoms with Gasteiger partial charge in [-0.25, -0.2) is 4.98 Å². The van der Waals surface area contributed by atoms with Crippen LogP contribution in [0.4, 0.5) is 11.5 Å². The Morgan fingerprint density at radius 1 is 1.44 bits per heavy atom. The molecule has 1 aliphatic rings. The Morgan fingerprint density at radius 2 is 2.19 bits per heavy atom. The zero-order valence-corrected chi connectivity index (χ0v) is 9.39. The number of pyridine rings is 1. The van der Waals surface area contributed by atoms with E-state index in [1.807, 2.05) is 12.1 Å². The first-order valence-electron chi connectivity index (χ1n) is 5.69. The van der Waals surface area contributed by atoms with Crippen molar-refractivity contribution in [3.63, 3.8) is 0 Å². The molecule has 0 amide bonds. The summed E-state index contributed by atoms with van der Waals surface area (Å²) in [5.74, 6) is 4.46. The Kier molecular flexibility index (Phi) is 3.31. The molecule has 1 aromatic rings. The fraction of sp³-hybridized carbons (Fsp3) is 0.462. The summed E-state index contributed by atoms with van der Waals surface area (Å²) < 4.78 is 0. The SMILES string of the molecule is C#CCC1CCN(c2ccc(N)cn2)CC1. The molecule has 2 N–H and O–H groups in total. The van der Waals surface area contributed by atoms with Crippen molar-refractivity contribution in [3.8, 4) is 12.3 Å². The summed E-state index contributed by atoms with van der Waals surface area (Å²) >= 11 is 0. The highest BCUT2D eigenvalue weighted by Gasteiger charge is 2.19. The number of anilines is 2. The third-order valence-electron chi connectivity index (χ3n) is 3.12. The zero-order valence-electron chi connectivity index (χ0n) is 9.39. The number of terminal acetylenes is 1. The quantitative estimate of drug-likeness (QED) is 0.766. The van der Waals surface area contributed by atoms with Crippen molar-refractivity contribution in [3.05, 3.63) is 18.3 Å². The predicted molar refractivity (Wildman–Crippen MR) is 67.0 cm³/mol. The van der Waals surface area contributed by atoms with Gasteiger partial charge >= 0.3 is 0 Å². The Balaban J connectivity index is 1.94. The molecule has 0 unspecified atom stereocenters. The predicted octanol–water partition coefficient (Wildman–Crippen LogP) is 1.90. The fourth-order valence-corrected chi connectivity index (χ4v) is 2.12. The number of aromatic nitrogens is 1. The van der Waals surface area contributed by atoms with Crippen molar-refractivity contribution >= 4 is 11.5 Å². The van der Waals surface area contributed by atoms with Gasteiger partial charge in [-0.15, -0.1) is 12.3 Å². The van der Waals surface area contributed by atoms with Crippen molar-refractivity contribution in [2.75, 3.05) is 23.7 Å². The maximum atomic E-state index is 5.61. The van der Waals surface area contributed by atoms with Gasteiger partial charge < -0.3 is 10.6 Å². The highest BCUT2D eigenvalue weighted by Crippen LogP contribution is 2.23. The molecule has 1 saturated heterocycles. The second-order valence-electron chi connectivity index (χ2n) is 4.29. The number of nitrogens with two attached hydrogens (primary N) is 1.